The van der Waals surface area contributed by atoms with E-state index in [1.165, 1.54) is 20.3 Å². The lowest BCUT2D eigenvalue weighted by Crippen LogP contribution is -2.29. The Morgan fingerprint density at radius 2 is 1.03 bits per heavy atom. The molecular formula is C51H38F5N9O6. The predicted molar refractivity (Wildman–Crippen MR) is 254 cm³/mol. The van der Waals surface area contributed by atoms with E-state index in [-0.39, 0.29) is 24.1 Å². The number of hydrogen-bond donors (Lipinski definition) is 2. The molecule has 2 amide bonds. The van der Waals surface area contributed by atoms with Crippen molar-refractivity contribution in [3.8, 4) is 17.2 Å². The number of nitrogens with one attached hydrogen (secondary N) is 2. The summed E-state index contributed by atoms with van der Waals surface area (Å²) in [6, 6.07) is 27.7. The second-order valence-electron chi connectivity index (χ2n) is 16.7. The van der Waals surface area contributed by atoms with E-state index in [4.69, 9.17) is 9.47 Å². The van der Waals surface area contributed by atoms with Crippen molar-refractivity contribution in [2.24, 2.45) is 20.5 Å². The number of anilines is 3. The molecule has 0 bridgehead atoms. The zero-order valence-electron chi connectivity index (χ0n) is 38.0. The Labute approximate surface area is 399 Å². The standard InChI is InChI=1S/C51H38F5N9O6/c1-63(2)28-11-9-27(10-12-28)60-62-36-24-41(69-3)35(23-42(36)70-4)61-59-26-7-5-25(6-8-26)49(66)64-19-17-29-31-21-37(57-33(31)13-15-39(29)64)50(67)65-20-18-30-32-22-38(58-34(32)14-16-40(30)65)51(68)71-48-46(55)44(53)43(52)45(54)47(48)56/h5-16,21-24,57-58H,17-20H2,1-4H3. The molecule has 0 saturated heterocycles. The van der Waals surface area contributed by atoms with Gasteiger partial charge in [-0.2, -0.15) is 19.0 Å². The molecule has 0 radical (unpaired) electrons. The van der Waals surface area contributed by atoms with Gasteiger partial charge in [0.05, 0.1) is 25.6 Å². The fourth-order valence-electron chi connectivity index (χ4n) is 8.73. The van der Waals surface area contributed by atoms with Crippen LogP contribution in [0.1, 0.15) is 42.5 Å². The molecule has 0 atom stereocenters. The second kappa shape index (κ2) is 18.2. The minimum atomic E-state index is -2.39. The van der Waals surface area contributed by atoms with Gasteiger partial charge in [-0.3, -0.25) is 9.59 Å². The van der Waals surface area contributed by atoms with Gasteiger partial charge in [0.25, 0.3) is 11.8 Å². The summed E-state index contributed by atoms with van der Waals surface area (Å²) in [7, 11) is 6.93. The minimum absolute atomic E-state index is 0.220. The zero-order chi connectivity index (χ0) is 49.8. The van der Waals surface area contributed by atoms with Crippen LogP contribution in [-0.4, -0.2) is 69.2 Å². The number of hydrogen-bond acceptors (Lipinski definition) is 11. The van der Waals surface area contributed by atoms with Crippen LogP contribution >= 0.6 is 0 Å². The summed E-state index contributed by atoms with van der Waals surface area (Å²) in [5.41, 5.74) is 7.37. The molecular weight excluding hydrogens is 930 g/mol. The van der Waals surface area contributed by atoms with Crippen LogP contribution < -0.4 is 28.9 Å². The first-order valence-corrected chi connectivity index (χ1v) is 21.9. The summed E-state index contributed by atoms with van der Waals surface area (Å²) in [6.45, 7) is 0.683. The number of rotatable bonds is 11. The summed E-state index contributed by atoms with van der Waals surface area (Å²) in [5.74, 6) is -14.3. The molecule has 4 heterocycles. The highest BCUT2D eigenvalue weighted by Gasteiger charge is 2.33. The van der Waals surface area contributed by atoms with Gasteiger partial charge in [0.15, 0.2) is 0 Å². The van der Waals surface area contributed by atoms with Crippen LogP contribution in [0.15, 0.2) is 118 Å². The maximum absolute atomic E-state index is 14.3. The molecule has 0 fully saturated rings. The van der Waals surface area contributed by atoms with Crippen LogP contribution in [0.3, 0.4) is 0 Å². The fourth-order valence-corrected chi connectivity index (χ4v) is 8.73. The average Bonchev–Trinajstić information content (AvgIpc) is 4.22. The van der Waals surface area contributed by atoms with E-state index in [9.17, 15) is 36.3 Å². The number of fused-ring (bicyclic) bond motifs is 6. The molecule has 0 saturated carbocycles. The summed E-state index contributed by atoms with van der Waals surface area (Å²) in [4.78, 5) is 52.2. The topological polar surface area (TPSA) is 170 Å². The van der Waals surface area contributed by atoms with Crippen LogP contribution in [-0.2, 0) is 12.8 Å². The van der Waals surface area contributed by atoms with Gasteiger partial charge < -0.3 is 38.9 Å². The maximum Gasteiger partial charge on any atom is 0.360 e. The van der Waals surface area contributed by atoms with E-state index in [1.807, 2.05) is 55.4 Å². The highest BCUT2D eigenvalue weighted by atomic mass is 19.2. The number of methoxy groups -OCH3 is 2. The first-order valence-electron chi connectivity index (χ1n) is 21.9. The lowest BCUT2D eigenvalue weighted by atomic mass is 10.1. The Hall–Kier alpha value is -8.94. The van der Waals surface area contributed by atoms with Gasteiger partial charge in [-0.1, -0.05) is 0 Å². The van der Waals surface area contributed by atoms with Crippen molar-refractivity contribution >= 4 is 79.4 Å². The third kappa shape index (κ3) is 8.21. The number of azo groups is 2. The SMILES string of the molecule is COc1cc(N=Nc2ccc(N(C)C)cc2)c(OC)cc1N=Nc1ccc(C(=O)N2CCc3c2ccc2[nH]c(C(=O)N4CCc5c4ccc4[nH]c(C(=O)Oc6c(F)c(F)c(F)c(F)c6F)cc54)cc32)cc1. The molecule has 20 heteroatoms. The van der Waals surface area contributed by atoms with E-state index in [1.54, 1.807) is 64.4 Å². The van der Waals surface area contributed by atoms with Gasteiger partial charge in [-0.25, -0.2) is 18.0 Å². The van der Waals surface area contributed by atoms with Gasteiger partial charge >= 0.3 is 5.97 Å². The largest absolute Gasteiger partial charge is 0.494 e. The summed E-state index contributed by atoms with van der Waals surface area (Å²) in [5, 5.41) is 18.8. The van der Waals surface area contributed by atoms with E-state index >= 15 is 0 Å². The third-order valence-electron chi connectivity index (χ3n) is 12.3. The Kier molecular flexibility index (Phi) is 11.7. The number of benzene rings is 6. The molecule has 2 aliphatic rings. The van der Waals surface area contributed by atoms with Crippen LogP contribution in [0, 0.1) is 29.1 Å². The fraction of sp³-hybridized carbons (Fsp3) is 0.157. The van der Waals surface area contributed by atoms with Crippen LogP contribution in [0.2, 0.25) is 0 Å². The predicted octanol–water partition coefficient (Wildman–Crippen LogP) is 11.9. The van der Waals surface area contributed by atoms with Crippen molar-refractivity contribution in [3.63, 3.8) is 0 Å². The molecule has 0 unspecified atom stereocenters. The van der Waals surface area contributed by atoms with Crippen molar-refractivity contribution in [1.82, 2.24) is 9.97 Å². The smallest absolute Gasteiger partial charge is 0.360 e. The lowest BCUT2D eigenvalue weighted by molar-refractivity contribution is 0.0710. The van der Waals surface area contributed by atoms with Crippen molar-refractivity contribution in [2.75, 3.05) is 56.1 Å². The molecule has 8 aromatic rings. The van der Waals surface area contributed by atoms with Crippen LogP contribution in [0.5, 0.6) is 17.2 Å². The number of aromatic amines is 2. The molecule has 10 rings (SSSR count). The van der Waals surface area contributed by atoms with Crippen molar-refractivity contribution in [1.29, 1.82) is 0 Å². The second-order valence-corrected chi connectivity index (χ2v) is 16.7. The Balaban J connectivity index is 0.822. The molecule has 6 aromatic carbocycles. The normalized spacial score (nSPS) is 13.2. The monoisotopic (exact) mass is 967 g/mol. The third-order valence-corrected chi connectivity index (χ3v) is 12.3. The summed E-state index contributed by atoms with van der Waals surface area (Å²) >= 11 is 0. The van der Waals surface area contributed by atoms with Crippen molar-refractivity contribution in [2.45, 2.75) is 12.8 Å². The van der Waals surface area contributed by atoms with Crippen LogP contribution in [0.4, 0.5) is 61.8 Å². The van der Waals surface area contributed by atoms with E-state index in [0.29, 0.717) is 98.3 Å². The van der Waals surface area contributed by atoms with Gasteiger partial charge in [0.2, 0.25) is 34.8 Å². The molecule has 2 N–H and O–H groups in total. The van der Waals surface area contributed by atoms with Gasteiger partial charge in [0.1, 0.15) is 34.3 Å². The highest BCUT2D eigenvalue weighted by Crippen LogP contribution is 2.42. The molecule has 2 aromatic heterocycles. The number of carbonyl (C=O) groups is 3. The Morgan fingerprint density at radius 1 is 0.563 bits per heavy atom. The maximum atomic E-state index is 14.3. The van der Waals surface area contributed by atoms with Gasteiger partial charge in [-0.15, -0.1) is 10.2 Å². The number of halogens is 5. The first kappa shape index (κ1) is 45.8. The van der Waals surface area contributed by atoms with Gasteiger partial charge in [-0.05, 0) is 109 Å². The summed E-state index contributed by atoms with van der Waals surface area (Å²) in [6.07, 6.45) is 0.915. The van der Waals surface area contributed by atoms with Crippen molar-refractivity contribution in [3.05, 3.63) is 154 Å². The highest BCUT2D eigenvalue weighted by molar-refractivity contribution is 6.13. The number of nitrogens with zero attached hydrogens (tertiary/aromatic N) is 7. The van der Waals surface area contributed by atoms with E-state index in [0.717, 1.165) is 16.6 Å². The zero-order valence-corrected chi connectivity index (χ0v) is 38.0. The van der Waals surface area contributed by atoms with E-state index < -0.39 is 40.8 Å². The number of aromatic nitrogens is 2. The Morgan fingerprint density at radius 3 is 1.54 bits per heavy atom. The number of carbonyl (C=O) groups excluding carboxylic acids is 3. The quantitative estimate of drug-likeness (QED) is 0.0324. The van der Waals surface area contributed by atoms with Gasteiger partial charge in [0, 0.05) is 83.7 Å². The minimum Gasteiger partial charge on any atom is -0.494 e. The molecule has 0 aliphatic carbocycles. The number of esters is 1. The van der Waals surface area contributed by atoms with E-state index in [2.05, 4.69) is 35.2 Å². The molecule has 0 spiro atoms. The van der Waals surface area contributed by atoms with Crippen LogP contribution in [0.25, 0.3) is 21.8 Å². The van der Waals surface area contributed by atoms with Crippen molar-refractivity contribution < 1.29 is 50.5 Å². The first-order chi connectivity index (χ1) is 34.2. The Bertz CT molecular complexity index is 3530. The molecule has 71 heavy (non-hydrogen) atoms. The number of ether oxygens (including phenoxy) is 3. The molecule has 15 nitrogen and oxygen atoms in total. The number of H-pyrrole nitrogens is 2. The molecule has 358 valence electrons. The summed E-state index contributed by atoms with van der Waals surface area (Å²) < 4.78 is 85.3. The average molecular weight is 968 g/mol. The number of amides is 2. The lowest BCUT2D eigenvalue weighted by Gasteiger charge is -2.17. The molecule has 2 aliphatic heterocycles.